The minimum atomic E-state index is -4.43. The molecule has 9 heteroatoms. The molecule has 5 rings (SSSR count). The van der Waals surface area contributed by atoms with Crippen molar-refractivity contribution >= 4 is 43.6 Å². The van der Waals surface area contributed by atoms with Crippen LogP contribution in [0.3, 0.4) is 0 Å². The molecule has 0 saturated heterocycles. The Bertz CT molecular complexity index is 1340. The fourth-order valence-electron chi connectivity index (χ4n) is 3.27. The lowest BCUT2D eigenvalue weighted by Crippen LogP contribution is -2.06. The van der Waals surface area contributed by atoms with Gasteiger partial charge >= 0.3 is 6.18 Å². The van der Waals surface area contributed by atoms with E-state index < -0.39 is 11.7 Å². The van der Waals surface area contributed by atoms with Gasteiger partial charge in [-0.25, -0.2) is 0 Å². The molecule has 0 fully saturated rings. The van der Waals surface area contributed by atoms with Crippen molar-refractivity contribution in [1.29, 1.82) is 0 Å². The van der Waals surface area contributed by atoms with Crippen LogP contribution in [0.5, 0.6) is 0 Å². The number of nitrogens with zero attached hydrogens (tertiary/aromatic N) is 5. The molecular formula is C18H9BrF3N5. The summed E-state index contributed by atoms with van der Waals surface area (Å²) in [7, 11) is 0. The Morgan fingerprint density at radius 2 is 1.89 bits per heavy atom. The van der Waals surface area contributed by atoms with Gasteiger partial charge in [-0.3, -0.25) is 14.0 Å². The first kappa shape index (κ1) is 16.2. The smallest absolute Gasteiger partial charge is 0.276 e. The lowest BCUT2D eigenvalue weighted by Gasteiger charge is -2.11. The maximum atomic E-state index is 13.2. The van der Waals surface area contributed by atoms with Crippen molar-refractivity contribution in [2.24, 2.45) is 0 Å². The summed E-state index contributed by atoms with van der Waals surface area (Å²) in [5.74, 6) is 0.415. The van der Waals surface area contributed by atoms with E-state index in [4.69, 9.17) is 0 Å². The summed E-state index contributed by atoms with van der Waals surface area (Å²) in [4.78, 5) is 4.45. The van der Waals surface area contributed by atoms with E-state index in [0.29, 0.717) is 22.5 Å². The van der Waals surface area contributed by atoms with Crippen molar-refractivity contribution < 1.29 is 13.2 Å². The van der Waals surface area contributed by atoms with Crippen LogP contribution in [0.4, 0.5) is 13.2 Å². The summed E-state index contributed by atoms with van der Waals surface area (Å²) in [6.07, 6.45) is -1.24. The lowest BCUT2D eigenvalue weighted by molar-refractivity contribution is -0.137. The molecule has 0 unspecified atom stereocenters. The van der Waals surface area contributed by atoms with Crippen LogP contribution in [0.25, 0.3) is 33.4 Å². The molecule has 0 atom stereocenters. The van der Waals surface area contributed by atoms with Gasteiger partial charge in [0.05, 0.1) is 28.3 Å². The second kappa shape index (κ2) is 5.53. The Kier molecular flexibility index (Phi) is 3.33. The van der Waals surface area contributed by atoms with Gasteiger partial charge in [-0.1, -0.05) is 22.0 Å². The first-order valence-electron chi connectivity index (χ1n) is 7.89. The summed E-state index contributed by atoms with van der Waals surface area (Å²) in [6.45, 7) is 0. The normalized spacial score (nSPS) is 12.4. The molecule has 0 spiro atoms. The quantitative estimate of drug-likeness (QED) is 0.375. The van der Waals surface area contributed by atoms with Crippen LogP contribution < -0.4 is 0 Å². The molecule has 3 heterocycles. The van der Waals surface area contributed by atoms with Crippen molar-refractivity contribution in [2.75, 3.05) is 0 Å². The molecule has 0 saturated carbocycles. The Morgan fingerprint density at radius 1 is 1.04 bits per heavy atom. The topological polar surface area (TPSA) is 48.0 Å². The summed E-state index contributed by atoms with van der Waals surface area (Å²) >= 11 is 3.45. The van der Waals surface area contributed by atoms with Gasteiger partial charge in [-0.15, -0.1) is 10.2 Å². The maximum Gasteiger partial charge on any atom is 0.416 e. The largest absolute Gasteiger partial charge is 0.416 e. The second-order valence-corrected chi connectivity index (χ2v) is 6.95. The second-order valence-electron chi connectivity index (χ2n) is 6.04. The van der Waals surface area contributed by atoms with E-state index in [0.717, 1.165) is 27.5 Å². The first-order chi connectivity index (χ1) is 12.9. The number of imidazole rings is 1. The van der Waals surface area contributed by atoms with Crippen LogP contribution in [0.15, 0.2) is 59.5 Å². The fraction of sp³-hybridized carbons (Fsp3) is 0.0556. The van der Waals surface area contributed by atoms with E-state index in [1.54, 1.807) is 21.2 Å². The number of aromatic nitrogens is 5. The van der Waals surface area contributed by atoms with Crippen LogP contribution >= 0.6 is 15.9 Å². The van der Waals surface area contributed by atoms with Crippen LogP contribution in [0.1, 0.15) is 5.56 Å². The number of fused-ring (bicyclic) bond motifs is 5. The number of hydrogen-bond acceptors (Lipinski definition) is 3. The van der Waals surface area contributed by atoms with Crippen LogP contribution in [0, 0.1) is 0 Å². The predicted octanol–water partition coefficient (Wildman–Crippen LogP) is 5.00. The molecule has 5 aromatic rings. The average molecular weight is 432 g/mol. The van der Waals surface area contributed by atoms with Crippen molar-refractivity contribution in [3.63, 3.8) is 0 Å². The van der Waals surface area contributed by atoms with Crippen molar-refractivity contribution in [1.82, 2.24) is 24.1 Å². The maximum absolute atomic E-state index is 13.2. The first-order valence-corrected chi connectivity index (χ1v) is 8.69. The highest BCUT2D eigenvalue weighted by atomic mass is 79.9. The third kappa shape index (κ3) is 2.42. The Labute approximate surface area is 158 Å². The zero-order valence-electron chi connectivity index (χ0n) is 13.4. The van der Waals surface area contributed by atoms with Gasteiger partial charge in [0.1, 0.15) is 6.33 Å². The molecule has 0 radical (unpaired) electrons. The summed E-state index contributed by atoms with van der Waals surface area (Å²) in [5.41, 5.74) is 1.78. The minimum absolute atomic E-state index is 0.352. The van der Waals surface area contributed by atoms with E-state index >= 15 is 0 Å². The predicted molar refractivity (Wildman–Crippen MR) is 97.8 cm³/mol. The van der Waals surface area contributed by atoms with Crippen molar-refractivity contribution in [3.05, 3.63) is 65.0 Å². The summed E-state index contributed by atoms with van der Waals surface area (Å²) in [5, 5.41) is 8.80. The van der Waals surface area contributed by atoms with Crippen LogP contribution in [-0.2, 0) is 6.18 Å². The van der Waals surface area contributed by atoms with Gasteiger partial charge in [-0.2, -0.15) is 13.2 Å². The summed E-state index contributed by atoms with van der Waals surface area (Å²) < 4.78 is 43.9. The highest BCUT2D eigenvalue weighted by Crippen LogP contribution is 2.34. The summed E-state index contributed by atoms with van der Waals surface area (Å²) in [6, 6.07) is 10.8. The molecule has 0 aliphatic heterocycles. The standard InChI is InChI=1S/C18H9BrF3N5/c19-11-4-5-14-13(7-11)16-15(8-23-14)26-9-24-25-17(26)27(16)12-3-1-2-10(6-12)18(20,21)22/h1-9H. The number of benzene rings is 2. The molecule has 5 nitrogen and oxygen atoms in total. The highest BCUT2D eigenvalue weighted by molar-refractivity contribution is 9.10. The number of halogens is 4. The lowest BCUT2D eigenvalue weighted by atomic mass is 10.1. The monoisotopic (exact) mass is 431 g/mol. The minimum Gasteiger partial charge on any atom is -0.276 e. The van der Waals surface area contributed by atoms with Gasteiger partial charge < -0.3 is 0 Å². The zero-order valence-corrected chi connectivity index (χ0v) is 15.0. The van der Waals surface area contributed by atoms with Crippen LogP contribution in [0.2, 0.25) is 0 Å². The van der Waals surface area contributed by atoms with Crippen molar-refractivity contribution in [2.45, 2.75) is 6.18 Å². The van der Waals surface area contributed by atoms with E-state index in [1.807, 2.05) is 18.2 Å². The highest BCUT2D eigenvalue weighted by Gasteiger charge is 2.31. The molecule has 0 aliphatic rings. The molecule has 2 aromatic carbocycles. The van der Waals surface area contributed by atoms with Gasteiger partial charge in [0.15, 0.2) is 0 Å². The van der Waals surface area contributed by atoms with E-state index in [-0.39, 0.29) is 0 Å². The van der Waals surface area contributed by atoms with Gasteiger partial charge in [-0.05, 0) is 36.4 Å². The number of rotatable bonds is 1. The molecule has 27 heavy (non-hydrogen) atoms. The van der Waals surface area contributed by atoms with E-state index in [2.05, 4.69) is 31.1 Å². The Morgan fingerprint density at radius 3 is 2.70 bits per heavy atom. The number of pyridine rings is 1. The van der Waals surface area contributed by atoms with Crippen molar-refractivity contribution in [3.8, 4) is 5.69 Å². The number of hydrogen-bond donors (Lipinski definition) is 0. The number of alkyl halides is 3. The Hall–Kier alpha value is -2.94. The fourth-order valence-corrected chi connectivity index (χ4v) is 3.63. The molecule has 0 bridgehead atoms. The molecular weight excluding hydrogens is 423 g/mol. The van der Waals surface area contributed by atoms with Gasteiger partial charge in [0, 0.05) is 15.5 Å². The molecule has 3 aromatic heterocycles. The van der Waals surface area contributed by atoms with E-state index in [9.17, 15) is 13.2 Å². The van der Waals surface area contributed by atoms with Gasteiger partial charge in [0.25, 0.3) is 0 Å². The molecule has 0 aliphatic carbocycles. The van der Waals surface area contributed by atoms with Gasteiger partial charge in [0.2, 0.25) is 5.78 Å². The molecule has 0 amide bonds. The van der Waals surface area contributed by atoms with E-state index in [1.165, 1.54) is 12.4 Å². The third-order valence-electron chi connectivity index (χ3n) is 4.43. The average Bonchev–Trinajstić information content (AvgIpc) is 3.21. The molecule has 134 valence electrons. The van der Waals surface area contributed by atoms with Crippen LogP contribution in [-0.4, -0.2) is 24.1 Å². The SMILES string of the molecule is FC(F)(F)c1cccc(-n2c3c4cc(Br)ccc4ncc3n3cnnc23)c1. The third-order valence-corrected chi connectivity index (χ3v) is 4.92. The molecule has 0 N–H and O–H groups in total. The zero-order chi connectivity index (χ0) is 18.8. The Balaban J connectivity index is 1.96.